The van der Waals surface area contributed by atoms with Crippen LogP contribution in [0.5, 0.6) is 0 Å². The Balaban J connectivity index is 1.10. The molecule has 2 aromatic carbocycles. The fourth-order valence-corrected chi connectivity index (χ4v) is 20.8. The maximum Gasteiger partial charge on any atom is 0.0307 e. The number of hydrogen-bond acceptors (Lipinski definition) is 4. The first-order chi connectivity index (χ1) is 26.1. The number of benzene rings is 2. The van der Waals surface area contributed by atoms with E-state index < -0.39 is 0 Å². The molecule has 0 aromatic heterocycles. The third-order valence-electron chi connectivity index (χ3n) is 16.7. The highest BCUT2D eigenvalue weighted by molar-refractivity contribution is 7.59. The van der Waals surface area contributed by atoms with Crippen molar-refractivity contribution in [2.75, 3.05) is 45.4 Å². The van der Waals surface area contributed by atoms with Gasteiger partial charge < -0.3 is 21.3 Å². The van der Waals surface area contributed by atoms with Gasteiger partial charge in [-0.1, -0.05) is 74.7 Å². The van der Waals surface area contributed by atoms with E-state index in [1.54, 1.807) is 69.8 Å². The molecule has 2 heterocycles. The molecule has 2 saturated heterocycles. The first kappa shape index (κ1) is 34.8. The zero-order valence-corrected chi connectivity index (χ0v) is 34.0. The standard InChI is InChI=1S/C47H64N4P2/c52-47(42-26-48-11-13-50-42,43-27-49-12-14-51-43)41-25-39(33-7-3-1-4-8-33)44(34-9-5-2-6-10-34)40(41)28-53(45-35-17-29-15-30(19-35)20-36(45)18-29)46-37-21-31-16-32(23-37)24-38(46)22-31/h1-10,25,29-32,35-38,41-43,45-46,48-51H,11-24,26-28,52H2. The largest absolute Gasteiger partial charge is 0.314 e. The van der Waals surface area contributed by atoms with Gasteiger partial charge in [0.05, 0.1) is 0 Å². The number of hydrogen-bond donors (Lipinski definition) is 4. The van der Waals surface area contributed by atoms with E-state index in [2.05, 4.69) is 97.2 Å². The average molecular weight is 747 g/mol. The van der Waals surface area contributed by atoms with Crippen LogP contribution < -0.4 is 21.3 Å². The molecule has 8 bridgehead atoms. The third kappa shape index (κ3) is 6.05. The van der Waals surface area contributed by atoms with Gasteiger partial charge in [-0.3, -0.25) is 0 Å². The predicted molar refractivity (Wildman–Crippen MR) is 226 cm³/mol. The summed E-state index contributed by atoms with van der Waals surface area (Å²) in [5.41, 5.74) is 9.75. The van der Waals surface area contributed by atoms with Crippen molar-refractivity contribution in [2.24, 2.45) is 53.3 Å². The molecule has 13 rings (SSSR count). The van der Waals surface area contributed by atoms with Crippen LogP contribution in [0.2, 0.25) is 0 Å². The van der Waals surface area contributed by atoms with Crippen LogP contribution in [0, 0.1) is 53.3 Å². The van der Waals surface area contributed by atoms with Gasteiger partial charge in [0.15, 0.2) is 0 Å². The van der Waals surface area contributed by atoms with Crippen LogP contribution >= 0.6 is 17.2 Å². The van der Waals surface area contributed by atoms with Crippen LogP contribution in [0.3, 0.4) is 0 Å². The zero-order valence-electron chi connectivity index (χ0n) is 31.9. The van der Waals surface area contributed by atoms with Gasteiger partial charge in [0.25, 0.3) is 0 Å². The molecule has 10 fully saturated rings. The van der Waals surface area contributed by atoms with E-state index in [0.717, 1.165) is 97.9 Å². The first-order valence-corrected chi connectivity index (χ1v) is 24.3. The summed E-state index contributed by atoms with van der Waals surface area (Å²) in [6.45, 7) is 6.27. The molecule has 0 amide bonds. The molecule has 8 saturated carbocycles. The van der Waals surface area contributed by atoms with E-state index >= 15 is 0 Å². The van der Waals surface area contributed by atoms with Gasteiger partial charge in [-0.2, -0.15) is 0 Å². The fraction of sp³-hybridized carbons (Fsp3) is 0.660. The van der Waals surface area contributed by atoms with Crippen molar-refractivity contribution in [3.63, 3.8) is 0 Å². The van der Waals surface area contributed by atoms with Crippen molar-refractivity contribution in [1.82, 2.24) is 21.3 Å². The lowest BCUT2D eigenvalue weighted by Crippen LogP contribution is -2.70. The molecule has 282 valence electrons. The van der Waals surface area contributed by atoms with E-state index in [1.165, 1.54) is 22.9 Å². The summed E-state index contributed by atoms with van der Waals surface area (Å²) in [5, 5.41) is 15.9. The highest BCUT2D eigenvalue weighted by Crippen LogP contribution is 2.72. The van der Waals surface area contributed by atoms with Crippen LogP contribution in [-0.2, 0) is 0 Å². The third-order valence-corrected chi connectivity index (χ3v) is 21.8. The quantitative estimate of drug-likeness (QED) is 0.197. The Morgan fingerprint density at radius 3 is 1.45 bits per heavy atom. The van der Waals surface area contributed by atoms with Gasteiger partial charge in [0, 0.05) is 62.4 Å². The molecule has 2 aliphatic heterocycles. The Morgan fingerprint density at radius 2 is 1.02 bits per heavy atom. The molecular formula is C47H64N4P2. The molecule has 4 nitrogen and oxygen atoms in total. The molecular weight excluding hydrogens is 682 g/mol. The van der Waals surface area contributed by atoms with Crippen LogP contribution in [0.25, 0.3) is 11.1 Å². The molecule has 2 aromatic rings. The topological polar surface area (TPSA) is 48.1 Å². The van der Waals surface area contributed by atoms with Crippen LogP contribution in [0.4, 0.5) is 0 Å². The smallest absolute Gasteiger partial charge is 0.0307 e. The van der Waals surface area contributed by atoms with Gasteiger partial charge in [-0.05, 0) is 157 Å². The highest BCUT2D eigenvalue weighted by Gasteiger charge is 2.58. The number of nitrogens with one attached hydrogen (secondary N) is 4. The van der Waals surface area contributed by atoms with Crippen molar-refractivity contribution in [1.29, 1.82) is 0 Å². The summed E-state index contributed by atoms with van der Waals surface area (Å²) >= 11 is 0. The average Bonchev–Trinajstić information content (AvgIpc) is 3.57. The summed E-state index contributed by atoms with van der Waals surface area (Å²) in [7, 11) is 3.48. The monoisotopic (exact) mass is 746 g/mol. The Hall–Kier alpha value is -1.38. The summed E-state index contributed by atoms with van der Waals surface area (Å²) in [4.78, 5) is 0. The normalized spacial score (nSPS) is 43.2. The van der Waals surface area contributed by atoms with Crippen molar-refractivity contribution < 1.29 is 0 Å². The van der Waals surface area contributed by atoms with E-state index in [1.807, 2.05) is 5.57 Å². The lowest BCUT2D eigenvalue weighted by atomic mass is 9.55. The van der Waals surface area contributed by atoms with E-state index in [-0.39, 0.29) is 13.1 Å². The molecule has 9 aliphatic carbocycles. The van der Waals surface area contributed by atoms with Crippen LogP contribution in [0.15, 0.2) is 72.3 Å². The molecule has 11 aliphatic rings. The van der Waals surface area contributed by atoms with Crippen molar-refractivity contribution in [3.05, 3.63) is 83.4 Å². The van der Waals surface area contributed by atoms with Gasteiger partial charge in [-0.25, -0.2) is 0 Å². The molecule has 0 spiro atoms. The first-order valence-electron chi connectivity index (χ1n) is 22.1. The maximum atomic E-state index is 4.13. The van der Waals surface area contributed by atoms with Crippen molar-refractivity contribution >= 4 is 28.3 Å². The summed E-state index contributed by atoms with van der Waals surface area (Å²) in [5.74, 6) is 8.55. The second-order valence-corrected chi connectivity index (χ2v) is 23.2. The van der Waals surface area contributed by atoms with Crippen LogP contribution in [0.1, 0.15) is 75.3 Å². The number of rotatable bonds is 9. The minimum atomic E-state index is -0.158. The predicted octanol–water partition coefficient (Wildman–Crippen LogP) is 8.02. The minimum Gasteiger partial charge on any atom is -0.314 e. The molecule has 4 N–H and O–H groups in total. The molecule has 53 heavy (non-hydrogen) atoms. The number of piperazine rings is 2. The molecule has 0 radical (unpaired) electrons. The summed E-state index contributed by atoms with van der Waals surface area (Å²) in [6.07, 6.45) is 19.8. The Kier molecular flexibility index (Phi) is 9.35. The van der Waals surface area contributed by atoms with Gasteiger partial charge in [0.1, 0.15) is 0 Å². The van der Waals surface area contributed by atoms with Gasteiger partial charge in [0.2, 0.25) is 0 Å². The second-order valence-electron chi connectivity index (χ2n) is 19.6. The van der Waals surface area contributed by atoms with E-state index in [9.17, 15) is 0 Å². The molecule has 6 heteroatoms. The van der Waals surface area contributed by atoms with Gasteiger partial charge in [-0.15, -0.1) is 9.24 Å². The lowest BCUT2D eigenvalue weighted by Gasteiger charge is -2.62. The molecule has 4 atom stereocenters. The maximum absolute atomic E-state index is 4.13. The Morgan fingerprint density at radius 1 is 0.566 bits per heavy atom. The fourth-order valence-electron chi connectivity index (χ4n) is 15.3. The van der Waals surface area contributed by atoms with E-state index in [0.29, 0.717) is 18.0 Å². The Labute approximate surface area is 323 Å². The lowest BCUT2D eigenvalue weighted by molar-refractivity contribution is 0.0130. The van der Waals surface area contributed by atoms with Gasteiger partial charge >= 0.3 is 0 Å². The summed E-state index contributed by atoms with van der Waals surface area (Å²) in [6, 6.07) is 24.0. The second kappa shape index (κ2) is 14.2. The van der Waals surface area contributed by atoms with Crippen molar-refractivity contribution in [2.45, 2.75) is 92.8 Å². The van der Waals surface area contributed by atoms with Crippen molar-refractivity contribution in [3.8, 4) is 0 Å². The minimum absolute atomic E-state index is 0.0676. The number of allylic oxidation sites excluding steroid dienone is 4. The zero-order chi connectivity index (χ0) is 35.1. The Bertz CT molecular complexity index is 1580. The highest BCUT2D eigenvalue weighted by atomic mass is 31.1. The van der Waals surface area contributed by atoms with Crippen LogP contribution in [-0.4, -0.2) is 74.0 Å². The van der Waals surface area contributed by atoms with E-state index in [4.69, 9.17) is 0 Å². The summed E-state index contributed by atoms with van der Waals surface area (Å²) < 4.78 is 0. The SMILES string of the molecule is PC(C1CNCCN1)(C1CNCCN1)C1C=C(c2ccccc2)C(c2ccccc2)=C1CP(C1C2CC3CC(C2)CC1C3)C1C2CC3CC(C2)CC1C3. The molecule has 4 unspecified atom stereocenters.